The maximum Gasteiger partial charge on any atom is 0.319 e. The molecule has 94 valence electrons. The smallest absolute Gasteiger partial charge is 0.319 e. The Morgan fingerprint density at radius 1 is 1.59 bits per heavy atom. The Kier molecular flexibility index (Phi) is 5.29. The molecule has 0 aromatic rings. The minimum absolute atomic E-state index is 0.207. The maximum atomic E-state index is 11.7. The molecule has 0 saturated carbocycles. The quantitative estimate of drug-likeness (QED) is 0.624. The molecule has 1 aliphatic heterocycles. The fourth-order valence-corrected chi connectivity index (χ4v) is 1.73. The Hall–Kier alpha value is -1.75. The number of rotatable bonds is 4. The van der Waals surface area contributed by atoms with Crippen molar-refractivity contribution in [2.24, 2.45) is 5.73 Å². The molecule has 5 heteroatoms. The number of hydrogen-bond acceptors (Lipinski definition) is 3. The van der Waals surface area contributed by atoms with Crippen LogP contribution in [0.2, 0.25) is 0 Å². The molecular weight excluding hydrogens is 216 g/mol. The van der Waals surface area contributed by atoms with Gasteiger partial charge in [-0.25, -0.2) is 4.79 Å². The number of likely N-dealkylation sites (N-methyl/N-ethyl adjacent to an activating group) is 1. The average molecular weight is 236 g/mol. The van der Waals surface area contributed by atoms with Gasteiger partial charge in [-0.3, -0.25) is 0 Å². The summed E-state index contributed by atoms with van der Waals surface area (Å²) in [4.78, 5) is 13.8. The van der Waals surface area contributed by atoms with Crippen molar-refractivity contribution in [3.05, 3.63) is 36.7 Å². The highest BCUT2D eigenvalue weighted by atomic mass is 16.2. The number of urea groups is 1. The van der Waals surface area contributed by atoms with Crippen molar-refractivity contribution in [1.82, 2.24) is 15.5 Å². The zero-order valence-electron chi connectivity index (χ0n) is 10.1. The van der Waals surface area contributed by atoms with Crippen LogP contribution >= 0.6 is 0 Å². The monoisotopic (exact) mass is 236 g/mol. The van der Waals surface area contributed by atoms with E-state index in [1.807, 2.05) is 7.05 Å². The lowest BCUT2D eigenvalue weighted by Gasteiger charge is -2.13. The molecule has 4 N–H and O–H groups in total. The summed E-state index contributed by atoms with van der Waals surface area (Å²) in [7, 11) is 2.04. The molecule has 0 aliphatic carbocycles. The third-order valence-electron chi connectivity index (χ3n) is 2.59. The number of carbonyl (C=O) groups is 1. The SMILES string of the molecule is C=C/C(=C\C=C/N)NC(=O)N[C@@H]1CCN(C)C1. The lowest BCUT2D eigenvalue weighted by Crippen LogP contribution is -2.42. The third-order valence-corrected chi connectivity index (χ3v) is 2.59. The lowest BCUT2D eigenvalue weighted by molar-refractivity contribution is 0.239. The van der Waals surface area contributed by atoms with Gasteiger partial charge in [0, 0.05) is 18.3 Å². The van der Waals surface area contributed by atoms with Crippen LogP contribution in [0.5, 0.6) is 0 Å². The number of amides is 2. The van der Waals surface area contributed by atoms with Gasteiger partial charge in [0.1, 0.15) is 0 Å². The molecule has 2 amide bonds. The van der Waals surface area contributed by atoms with Crippen LogP contribution < -0.4 is 16.4 Å². The molecule has 1 aliphatic rings. The van der Waals surface area contributed by atoms with Gasteiger partial charge in [0.2, 0.25) is 0 Å². The van der Waals surface area contributed by atoms with E-state index in [1.165, 1.54) is 6.20 Å². The Balaban J connectivity index is 2.40. The molecule has 0 unspecified atom stereocenters. The molecule has 1 saturated heterocycles. The lowest BCUT2D eigenvalue weighted by atomic mass is 10.3. The van der Waals surface area contributed by atoms with E-state index in [0.29, 0.717) is 5.70 Å². The summed E-state index contributed by atoms with van der Waals surface area (Å²) < 4.78 is 0. The zero-order chi connectivity index (χ0) is 12.7. The van der Waals surface area contributed by atoms with Gasteiger partial charge in [-0.05, 0) is 44.4 Å². The predicted octanol–water partition coefficient (Wildman–Crippen LogP) is 0.532. The Morgan fingerprint density at radius 3 is 2.88 bits per heavy atom. The van der Waals surface area contributed by atoms with Crippen molar-refractivity contribution in [1.29, 1.82) is 0 Å². The fourth-order valence-electron chi connectivity index (χ4n) is 1.73. The van der Waals surface area contributed by atoms with Crippen molar-refractivity contribution in [2.45, 2.75) is 12.5 Å². The third kappa shape index (κ3) is 4.74. The molecule has 1 fully saturated rings. The molecule has 1 atom stereocenters. The van der Waals surface area contributed by atoms with Gasteiger partial charge in [0.15, 0.2) is 0 Å². The first-order valence-electron chi connectivity index (χ1n) is 5.62. The van der Waals surface area contributed by atoms with Crippen LogP contribution in [0.15, 0.2) is 36.7 Å². The van der Waals surface area contributed by atoms with Gasteiger partial charge in [0.25, 0.3) is 0 Å². The Labute approximate surface area is 102 Å². The van der Waals surface area contributed by atoms with Crippen molar-refractivity contribution in [3.63, 3.8) is 0 Å². The molecule has 5 nitrogen and oxygen atoms in total. The van der Waals surface area contributed by atoms with E-state index in [9.17, 15) is 4.79 Å². The largest absolute Gasteiger partial charge is 0.405 e. The Morgan fingerprint density at radius 2 is 2.35 bits per heavy atom. The number of carbonyl (C=O) groups excluding carboxylic acids is 1. The molecule has 1 rings (SSSR count). The summed E-state index contributed by atoms with van der Waals surface area (Å²) in [5.74, 6) is 0. The van der Waals surface area contributed by atoms with E-state index in [-0.39, 0.29) is 12.1 Å². The van der Waals surface area contributed by atoms with Gasteiger partial charge in [0.05, 0.1) is 0 Å². The van der Waals surface area contributed by atoms with Gasteiger partial charge in [-0.2, -0.15) is 0 Å². The first-order valence-corrected chi connectivity index (χ1v) is 5.62. The van der Waals surface area contributed by atoms with Gasteiger partial charge in [-0.15, -0.1) is 0 Å². The summed E-state index contributed by atoms with van der Waals surface area (Å²) in [5.41, 5.74) is 5.84. The van der Waals surface area contributed by atoms with Crippen molar-refractivity contribution < 1.29 is 4.79 Å². The second kappa shape index (κ2) is 6.75. The summed E-state index contributed by atoms with van der Waals surface area (Å²) >= 11 is 0. The number of nitrogens with one attached hydrogen (secondary N) is 2. The molecule has 0 bridgehead atoms. The van der Waals surface area contributed by atoms with E-state index in [1.54, 1.807) is 18.2 Å². The Bertz CT molecular complexity index is 335. The number of nitrogens with two attached hydrogens (primary N) is 1. The highest BCUT2D eigenvalue weighted by Gasteiger charge is 2.20. The van der Waals surface area contributed by atoms with Crippen LogP contribution in [0.3, 0.4) is 0 Å². The predicted molar refractivity (Wildman–Crippen MR) is 69.2 cm³/mol. The second-order valence-electron chi connectivity index (χ2n) is 4.06. The van der Waals surface area contributed by atoms with Crippen molar-refractivity contribution in [2.75, 3.05) is 20.1 Å². The van der Waals surface area contributed by atoms with Crippen LogP contribution in [0.25, 0.3) is 0 Å². The van der Waals surface area contributed by atoms with E-state index in [2.05, 4.69) is 22.1 Å². The van der Waals surface area contributed by atoms with E-state index in [0.717, 1.165) is 19.5 Å². The molecule has 0 aromatic carbocycles. The molecule has 0 radical (unpaired) electrons. The molecule has 17 heavy (non-hydrogen) atoms. The molecule has 0 aromatic heterocycles. The number of likely N-dealkylation sites (tertiary alicyclic amines) is 1. The highest BCUT2D eigenvalue weighted by molar-refractivity contribution is 5.76. The number of hydrogen-bond donors (Lipinski definition) is 3. The molecule has 0 spiro atoms. The maximum absolute atomic E-state index is 11.7. The van der Waals surface area contributed by atoms with Crippen molar-refractivity contribution in [3.8, 4) is 0 Å². The van der Waals surface area contributed by atoms with Gasteiger partial charge >= 0.3 is 6.03 Å². The van der Waals surface area contributed by atoms with Crippen molar-refractivity contribution >= 4 is 6.03 Å². The summed E-state index contributed by atoms with van der Waals surface area (Å²) in [6, 6.07) is 0.0120. The van der Waals surface area contributed by atoms with E-state index < -0.39 is 0 Å². The minimum Gasteiger partial charge on any atom is -0.405 e. The van der Waals surface area contributed by atoms with E-state index in [4.69, 9.17) is 5.73 Å². The first-order chi connectivity index (χ1) is 8.15. The number of allylic oxidation sites excluding steroid dienone is 3. The van der Waals surface area contributed by atoms with Crippen LogP contribution in [-0.4, -0.2) is 37.1 Å². The van der Waals surface area contributed by atoms with Crippen LogP contribution in [0, 0.1) is 0 Å². The highest BCUT2D eigenvalue weighted by Crippen LogP contribution is 2.05. The van der Waals surface area contributed by atoms with Gasteiger partial charge < -0.3 is 21.3 Å². The zero-order valence-corrected chi connectivity index (χ0v) is 10.1. The van der Waals surface area contributed by atoms with Crippen LogP contribution in [0.1, 0.15) is 6.42 Å². The van der Waals surface area contributed by atoms with Gasteiger partial charge in [-0.1, -0.05) is 6.58 Å². The normalized spacial score (nSPS) is 21.7. The van der Waals surface area contributed by atoms with Crippen LogP contribution in [0.4, 0.5) is 4.79 Å². The average Bonchev–Trinajstić information content (AvgIpc) is 2.69. The summed E-state index contributed by atoms with van der Waals surface area (Å²) in [6.45, 7) is 5.53. The number of nitrogens with zero attached hydrogens (tertiary/aromatic N) is 1. The second-order valence-corrected chi connectivity index (χ2v) is 4.06. The summed E-state index contributed by atoms with van der Waals surface area (Å²) in [6.07, 6.45) is 7.28. The minimum atomic E-state index is -0.207. The topological polar surface area (TPSA) is 70.4 Å². The molecular formula is C12H20N4O. The standard InChI is InChI=1S/C12H20N4O/c1-3-10(5-4-7-13)14-12(17)15-11-6-8-16(2)9-11/h3-5,7,11H,1,6,8-9,13H2,2H3,(H2,14,15,17)/b7-4-,10-5+/t11-/m1/s1. The summed E-state index contributed by atoms with van der Waals surface area (Å²) in [5, 5.41) is 5.63. The van der Waals surface area contributed by atoms with Crippen LogP contribution in [-0.2, 0) is 0 Å². The molecule has 1 heterocycles. The fraction of sp³-hybridized carbons (Fsp3) is 0.417. The van der Waals surface area contributed by atoms with E-state index >= 15 is 0 Å². The first kappa shape index (κ1) is 13.3.